The lowest BCUT2D eigenvalue weighted by atomic mass is 10.1. The number of rotatable bonds is 7. The number of morpholine rings is 1. The molecule has 148 valence electrons. The van der Waals surface area contributed by atoms with Crippen molar-refractivity contribution in [3.63, 3.8) is 0 Å². The number of carbonyl (C=O) groups is 2. The van der Waals surface area contributed by atoms with E-state index in [0.29, 0.717) is 37.5 Å². The van der Waals surface area contributed by atoms with E-state index in [0.717, 1.165) is 0 Å². The van der Waals surface area contributed by atoms with Crippen LogP contribution in [0.1, 0.15) is 15.9 Å². The van der Waals surface area contributed by atoms with Gasteiger partial charge in [-0.25, -0.2) is 4.79 Å². The number of methoxy groups -OCH3 is 1. The Morgan fingerprint density at radius 3 is 2.78 bits per heavy atom. The lowest BCUT2D eigenvalue weighted by molar-refractivity contribution is -0.385. The van der Waals surface area contributed by atoms with Crippen molar-refractivity contribution in [1.29, 1.82) is 0 Å². The van der Waals surface area contributed by atoms with Gasteiger partial charge in [-0.3, -0.25) is 19.8 Å². The summed E-state index contributed by atoms with van der Waals surface area (Å²) in [4.78, 5) is 37.2. The highest BCUT2D eigenvalue weighted by Gasteiger charge is 2.28. The van der Waals surface area contributed by atoms with Gasteiger partial charge in [0.2, 0.25) is 0 Å². The van der Waals surface area contributed by atoms with Crippen molar-refractivity contribution in [2.75, 3.05) is 51.8 Å². The quantitative estimate of drug-likeness (QED) is 0.417. The minimum absolute atomic E-state index is 0.0939. The fraction of sp³-hybridized carbons (Fsp3) is 0.529. The van der Waals surface area contributed by atoms with Crippen molar-refractivity contribution in [3.8, 4) is 0 Å². The topological polar surface area (TPSA) is 122 Å². The van der Waals surface area contributed by atoms with Crippen LogP contribution in [0.15, 0.2) is 12.1 Å². The van der Waals surface area contributed by atoms with Crippen molar-refractivity contribution in [2.24, 2.45) is 0 Å². The molecule has 1 fully saturated rings. The predicted molar refractivity (Wildman–Crippen MR) is 96.3 cm³/mol. The summed E-state index contributed by atoms with van der Waals surface area (Å²) in [5.41, 5.74) is 0.664. The third kappa shape index (κ3) is 5.14. The van der Waals surface area contributed by atoms with Gasteiger partial charge in [0.25, 0.3) is 5.69 Å². The van der Waals surface area contributed by atoms with E-state index in [1.54, 1.807) is 24.9 Å². The third-order valence-corrected chi connectivity index (χ3v) is 4.30. The number of carboxylic acids is 1. The molecule has 1 aromatic rings. The van der Waals surface area contributed by atoms with Crippen LogP contribution in [0.5, 0.6) is 0 Å². The molecule has 2 rings (SSSR count). The van der Waals surface area contributed by atoms with Crippen molar-refractivity contribution in [3.05, 3.63) is 33.4 Å². The van der Waals surface area contributed by atoms with Crippen LogP contribution in [0.3, 0.4) is 0 Å². The molecule has 0 bridgehead atoms. The average Bonchev–Trinajstić information content (AvgIpc) is 2.59. The summed E-state index contributed by atoms with van der Waals surface area (Å²) in [6.45, 7) is 3.36. The second-order valence-corrected chi connectivity index (χ2v) is 6.44. The van der Waals surface area contributed by atoms with Crippen LogP contribution in [0.4, 0.5) is 11.4 Å². The number of anilines is 1. The summed E-state index contributed by atoms with van der Waals surface area (Å²) >= 11 is 0. The van der Waals surface area contributed by atoms with Crippen molar-refractivity contribution < 1.29 is 29.1 Å². The minimum atomic E-state index is -0.918. The summed E-state index contributed by atoms with van der Waals surface area (Å²) < 4.78 is 10.4. The summed E-state index contributed by atoms with van der Waals surface area (Å²) in [5.74, 6) is -1.68. The lowest BCUT2D eigenvalue weighted by Crippen LogP contribution is -2.47. The van der Waals surface area contributed by atoms with Gasteiger partial charge in [-0.05, 0) is 26.1 Å². The van der Waals surface area contributed by atoms with E-state index in [-0.39, 0.29) is 23.9 Å². The number of benzene rings is 1. The smallest absolute Gasteiger partial charge is 0.344 e. The number of aryl methyl sites for hydroxylation is 1. The lowest BCUT2D eigenvalue weighted by Gasteiger charge is -2.36. The number of aliphatic carboxylic acids is 1. The molecule has 1 aliphatic heterocycles. The predicted octanol–water partition coefficient (Wildman–Crippen LogP) is 0.911. The highest BCUT2D eigenvalue weighted by molar-refractivity contribution is 5.96. The van der Waals surface area contributed by atoms with E-state index in [9.17, 15) is 19.7 Å². The molecule has 1 atom stereocenters. The Morgan fingerprint density at radius 1 is 1.48 bits per heavy atom. The number of carbonyl (C=O) groups excluding carboxylic acids is 1. The monoisotopic (exact) mass is 381 g/mol. The zero-order valence-corrected chi connectivity index (χ0v) is 15.5. The summed E-state index contributed by atoms with van der Waals surface area (Å²) in [6, 6.07) is 3.12. The van der Waals surface area contributed by atoms with Crippen LogP contribution in [0.25, 0.3) is 0 Å². The molecule has 10 nitrogen and oxygen atoms in total. The molecule has 0 saturated carbocycles. The van der Waals surface area contributed by atoms with Gasteiger partial charge in [0.1, 0.15) is 5.56 Å². The maximum Gasteiger partial charge on any atom is 0.344 e. The van der Waals surface area contributed by atoms with Gasteiger partial charge in [-0.15, -0.1) is 0 Å². The van der Waals surface area contributed by atoms with E-state index in [1.807, 2.05) is 4.90 Å². The first kappa shape index (κ1) is 20.6. The average molecular weight is 381 g/mol. The van der Waals surface area contributed by atoms with Crippen LogP contribution in [-0.4, -0.2) is 79.9 Å². The Hall–Kier alpha value is -2.72. The molecule has 1 heterocycles. The molecule has 1 saturated heterocycles. The van der Waals surface area contributed by atoms with Crippen LogP contribution < -0.4 is 4.90 Å². The Kier molecular flexibility index (Phi) is 6.70. The van der Waals surface area contributed by atoms with Crippen molar-refractivity contribution >= 4 is 23.3 Å². The van der Waals surface area contributed by atoms with E-state index in [1.165, 1.54) is 13.2 Å². The number of ether oxygens (including phenoxy) is 2. The first-order valence-corrected chi connectivity index (χ1v) is 8.37. The molecule has 10 heteroatoms. The highest BCUT2D eigenvalue weighted by Crippen LogP contribution is 2.31. The molecule has 0 spiro atoms. The van der Waals surface area contributed by atoms with Crippen LogP contribution >= 0.6 is 0 Å². The molecule has 27 heavy (non-hydrogen) atoms. The van der Waals surface area contributed by atoms with Crippen molar-refractivity contribution in [2.45, 2.75) is 13.0 Å². The van der Waals surface area contributed by atoms with E-state index in [2.05, 4.69) is 4.74 Å². The maximum absolute atomic E-state index is 12.0. The van der Waals surface area contributed by atoms with Gasteiger partial charge in [0, 0.05) is 30.9 Å². The molecular weight excluding hydrogens is 358 g/mol. The van der Waals surface area contributed by atoms with Crippen LogP contribution in [-0.2, 0) is 14.3 Å². The molecule has 0 aromatic heterocycles. The number of hydrogen-bond acceptors (Lipinski definition) is 8. The van der Waals surface area contributed by atoms with E-state index < -0.39 is 16.9 Å². The molecule has 0 radical (unpaired) electrons. The molecule has 1 aliphatic rings. The summed E-state index contributed by atoms with van der Waals surface area (Å²) in [5, 5.41) is 20.2. The number of hydrogen-bond donors (Lipinski definition) is 1. The molecule has 0 amide bonds. The zero-order chi connectivity index (χ0) is 20.1. The number of nitrogens with zero attached hydrogens (tertiary/aromatic N) is 3. The Labute approximate surface area is 156 Å². The molecule has 0 aliphatic carbocycles. The largest absolute Gasteiger partial charge is 0.480 e. The Balaban J connectivity index is 2.24. The SMILES string of the molecule is COC(=O)c1cc(N2CCOC(CN(C)CC(=O)O)C2)cc(C)c1[N+](=O)[O-]. The summed E-state index contributed by atoms with van der Waals surface area (Å²) in [6.07, 6.45) is -0.222. The third-order valence-electron chi connectivity index (χ3n) is 4.30. The maximum atomic E-state index is 12.0. The summed E-state index contributed by atoms with van der Waals surface area (Å²) in [7, 11) is 2.87. The fourth-order valence-electron chi connectivity index (χ4n) is 3.16. The van der Waals surface area contributed by atoms with Gasteiger partial charge in [-0.2, -0.15) is 0 Å². The zero-order valence-electron chi connectivity index (χ0n) is 15.5. The fourth-order valence-corrected chi connectivity index (χ4v) is 3.16. The van der Waals surface area contributed by atoms with Gasteiger partial charge in [-0.1, -0.05) is 0 Å². The minimum Gasteiger partial charge on any atom is -0.480 e. The molecule has 1 unspecified atom stereocenters. The van der Waals surface area contributed by atoms with Crippen LogP contribution in [0, 0.1) is 17.0 Å². The normalized spacial score (nSPS) is 17.0. The molecule has 1 N–H and O–H groups in total. The number of esters is 1. The van der Waals surface area contributed by atoms with E-state index >= 15 is 0 Å². The van der Waals surface area contributed by atoms with Gasteiger partial charge in [0.15, 0.2) is 0 Å². The first-order chi connectivity index (χ1) is 12.7. The molecule has 1 aromatic carbocycles. The van der Waals surface area contributed by atoms with Crippen LogP contribution in [0.2, 0.25) is 0 Å². The van der Waals surface area contributed by atoms with Gasteiger partial charge in [0.05, 0.1) is 31.3 Å². The first-order valence-electron chi connectivity index (χ1n) is 8.37. The standard InChI is InChI=1S/C17H23N3O7/c1-11-6-12(7-14(17(23)26-3)16(11)20(24)25)19-4-5-27-13(9-19)8-18(2)10-15(21)22/h6-7,13H,4-5,8-10H2,1-3H3,(H,21,22). The second-order valence-electron chi connectivity index (χ2n) is 6.44. The number of nitro benzene ring substituents is 1. The number of nitro groups is 1. The highest BCUT2D eigenvalue weighted by atomic mass is 16.6. The van der Waals surface area contributed by atoms with Gasteiger partial charge < -0.3 is 19.5 Å². The van der Waals surface area contributed by atoms with E-state index in [4.69, 9.17) is 9.84 Å². The van der Waals surface area contributed by atoms with Crippen molar-refractivity contribution in [1.82, 2.24) is 4.90 Å². The number of carboxylic acid groups (broad SMARTS) is 1. The van der Waals surface area contributed by atoms with Gasteiger partial charge >= 0.3 is 11.9 Å². The Morgan fingerprint density at radius 2 is 2.19 bits per heavy atom. The molecular formula is C17H23N3O7. The number of likely N-dealkylation sites (N-methyl/N-ethyl adjacent to an activating group) is 1. The Bertz CT molecular complexity index is 737. The second kappa shape index (κ2) is 8.78.